The Balaban J connectivity index is 2.04. The molecule has 1 saturated heterocycles. The molecule has 1 unspecified atom stereocenters. The Morgan fingerprint density at radius 3 is 2.21 bits per heavy atom. The maximum Gasteiger partial charge on any atom is 0.238 e. The Hall–Kier alpha value is -2.54. The molecule has 0 aromatic heterocycles. The maximum atomic E-state index is 12.9. The normalized spacial score (nSPS) is 21.4. The molecule has 4 N–H and O–H groups in total. The topological polar surface area (TPSA) is 118 Å². The molecule has 7 nitrogen and oxygen atoms in total. The van der Waals surface area contributed by atoms with E-state index in [0.717, 1.165) is 12.0 Å². The van der Waals surface area contributed by atoms with E-state index < -0.39 is 41.5 Å². The van der Waals surface area contributed by atoms with Gasteiger partial charge in [-0.25, -0.2) is 0 Å². The van der Waals surface area contributed by atoms with Crippen LogP contribution in [0.3, 0.4) is 0 Å². The van der Waals surface area contributed by atoms with Gasteiger partial charge in [-0.3, -0.25) is 24.5 Å². The van der Waals surface area contributed by atoms with Gasteiger partial charge in [-0.1, -0.05) is 52.0 Å². The molecule has 1 aromatic carbocycles. The number of Topliss-reactive ketones (excluding diaryl/α,β-unsaturated/α-hetero) is 1. The van der Waals surface area contributed by atoms with Gasteiger partial charge in [0.25, 0.3) is 0 Å². The van der Waals surface area contributed by atoms with Crippen LogP contribution in [0.4, 0.5) is 0 Å². The maximum absolute atomic E-state index is 12.9. The summed E-state index contributed by atoms with van der Waals surface area (Å²) in [6, 6.07) is 6.40. The quantitative estimate of drug-likeness (QED) is 0.458. The zero-order chi connectivity index (χ0) is 21.0. The van der Waals surface area contributed by atoms with E-state index in [9.17, 15) is 19.2 Å². The molecule has 0 saturated carbocycles. The fourth-order valence-electron chi connectivity index (χ4n) is 3.38. The van der Waals surface area contributed by atoms with Gasteiger partial charge in [0.15, 0.2) is 5.78 Å². The summed E-state index contributed by atoms with van der Waals surface area (Å²) in [6.07, 6.45) is 0.942. The molecule has 1 fully saturated rings. The van der Waals surface area contributed by atoms with E-state index in [-0.39, 0.29) is 18.2 Å². The summed E-state index contributed by atoms with van der Waals surface area (Å²) in [4.78, 5) is 49.0. The molecule has 28 heavy (non-hydrogen) atoms. The van der Waals surface area contributed by atoms with Crippen molar-refractivity contribution < 1.29 is 19.2 Å². The van der Waals surface area contributed by atoms with Crippen LogP contribution in [0.15, 0.2) is 24.3 Å². The lowest BCUT2D eigenvalue weighted by molar-refractivity contribution is -0.137. The number of ketones is 1. The predicted octanol–water partition coefficient (Wildman–Crippen LogP) is 1.26. The molecule has 4 atom stereocenters. The van der Waals surface area contributed by atoms with Crippen molar-refractivity contribution in [3.8, 4) is 0 Å². The van der Waals surface area contributed by atoms with Gasteiger partial charge in [-0.15, -0.1) is 0 Å². The zero-order valence-corrected chi connectivity index (χ0v) is 16.8. The second-order valence-electron chi connectivity index (χ2n) is 7.72. The van der Waals surface area contributed by atoms with E-state index >= 15 is 0 Å². The first kappa shape index (κ1) is 21.8. The van der Waals surface area contributed by atoms with Crippen molar-refractivity contribution in [2.75, 3.05) is 0 Å². The van der Waals surface area contributed by atoms with E-state index in [1.165, 1.54) is 12.5 Å². The number of carbonyl (C=O) groups is 4. The van der Waals surface area contributed by atoms with E-state index in [4.69, 9.17) is 5.73 Å². The number of nitrogens with two attached hydrogens (primary N) is 1. The van der Waals surface area contributed by atoms with Gasteiger partial charge in [-0.05, 0) is 23.5 Å². The summed E-state index contributed by atoms with van der Waals surface area (Å²) >= 11 is 0. The Bertz CT molecular complexity index is 757. The Morgan fingerprint density at radius 1 is 1.14 bits per heavy atom. The Kier molecular flexibility index (Phi) is 7.07. The minimum atomic E-state index is -1.07. The molecule has 0 aliphatic carbocycles. The highest BCUT2D eigenvalue weighted by molar-refractivity contribution is 6.16. The molecular weight excluding hydrogens is 358 g/mol. The van der Waals surface area contributed by atoms with Crippen LogP contribution in [-0.4, -0.2) is 29.5 Å². The monoisotopic (exact) mass is 387 g/mol. The largest absolute Gasteiger partial charge is 0.346 e. The second kappa shape index (κ2) is 9.10. The average molecular weight is 387 g/mol. The van der Waals surface area contributed by atoms with Gasteiger partial charge in [0.1, 0.15) is 5.92 Å². The van der Waals surface area contributed by atoms with E-state index in [1.807, 2.05) is 24.3 Å². The van der Waals surface area contributed by atoms with Crippen LogP contribution in [0, 0.1) is 17.8 Å². The molecule has 2 rings (SSSR count). The zero-order valence-electron chi connectivity index (χ0n) is 16.8. The standard InChI is InChI=1S/C21H29N3O4/c1-5-13-6-8-14(9-7-13)15(22)10-16(25)23-18(11(2)3)19(26)17-12(4)20(27)24-21(17)28/h6-9,11-12,15,17-18H,5,10,22H2,1-4H3,(H,23,25)(H,24,27,28)/t12-,15?,17+,18-/m0/s1. The number of carbonyl (C=O) groups excluding carboxylic acids is 4. The van der Waals surface area contributed by atoms with Gasteiger partial charge in [0.2, 0.25) is 17.7 Å². The number of imide groups is 1. The molecule has 0 bridgehead atoms. The van der Waals surface area contributed by atoms with Crippen molar-refractivity contribution in [1.82, 2.24) is 10.6 Å². The number of nitrogens with one attached hydrogen (secondary N) is 2. The molecule has 152 valence electrons. The van der Waals surface area contributed by atoms with Crippen LogP contribution in [0.25, 0.3) is 0 Å². The summed E-state index contributed by atoms with van der Waals surface area (Å²) in [5, 5.41) is 4.89. The minimum Gasteiger partial charge on any atom is -0.346 e. The molecule has 1 aliphatic rings. The molecular formula is C21H29N3O4. The third-order valence-electron chi connectivity index (χ3n) is 5.26. The number of aryl methyl sites for hydroxylation is 1. The molecule has 7 heteroatoms. The van der Waals surface area contributed by atoms with E-state index in [2.05, 4.69) is 17.6 Å². The molecule has 3 amide bonds. The highest BCUT2D eigenvalue weighted by Gasteiger charge is 2.46. The molecule has 1 aromatic rings. The van der Waals surface area contributed by atoms with Crippen molar-refractivity contribution in [2.45, 2.75) is 52.6 Å². The second-order valence-corrected chi connectivity index (χ2v) is 7.72. The average Bonchev–Trinajstić information content (AvgIpc) is 2.90. The van der Waals surface area contributed by atoms with Crippen molar-refractivity contribution in [1.29, 1.82) is 0 Å². The minimum absolute atomic E-state index is 0.0211. The first-order valence-corrected chi connectivity index (χ1v) is 9.67. The number of amides is 3. The lowest BCUT2D eigenvalue weighted by atomic mass is 9.85. The predicted molar refractivity (Wildman–Crippen MR) is 105 cm³/mol. The SMILES string of the molecule is CCc1ccc(C(N)CC(=O)N[C@H](C(=O)[C@@H]2C(=O)NC(=O)[C@H]2C)C(C)C)cc1. The van der Waals surface area contributed by atoms with Gasteiger partial charge < -0.3 is 11.1 Å². The van der Waals surface area contributed by atoms with Crippen LogP contribution in [0.1, 0.15) is 51.3 Å². The van der Waals surface area contributed by atoms with Gasteiger partial charge in [-0.2, -0.15) is 0 Å². The summed E-state index contributed by atoms with van der Waals surface area (Å²) in [6.45, 7) is 7.17. The third-order valence-corrected chi connectivity index (χ3v) is 5.26. The van der Waals surface area contributed by atoms with Crippen LogP contribution < -0.4 is 16.4 Å². The Morgan fingerprint density at radius 2 is 1.75 bits per heavy atom. The fraction of sp³-hybridized carbons (Fsp3) is 0.524. The van der Waals surface area contributed by atoms with Crippen molar-refractivity contribution in [3.05, 3.63) is 35.4 Å². The number of rotatable bonds is 8. The smallest absolute Gasteiger partial charge is 0.238 e. The van der Waals surface area contributed by atoms with Crippen molar-refractivity contribution in [3.63, 3.8) is 0 Å². The number of hydrogen-bond acceptors (Lipinski definition) is 5. The van der Waals surface area contributed by atoms with Gasteiger partial charge in [0.05, 0.1) is 12.0 Å². The first-order valence-electron chi connectivity index (χ1n) is 9.67. The molecule has 1 aliphatic heterocycles. The Labute approximate surface area is 165 Å². The molecule has 0 spiro atoms. The lowest BCUT2D eigenvalue weighted by Gasteiger charge is -2.25. The lowest BCUT2D eigenvalue weighted by Crippen LogP contribution is -2.49. The molecule has 1 heterocycles. The van der Waals surface area contributed by atoms with Crippen LogP contribution in [-0.2, 0) is 25.6 Å². The summed E-state index contributed by atoms with van der Waals surface area (Å²) < 4.78 is 0. The van der Waals surface area contributed by atoms with Crippen LogP contribution >= 0.6 is 0 Å². The van der Waals surface area contributed by atoms with E-state index in [1.54, 1.807) is 13.8 Å². The van der Waals surface area contributed by atoms with Crippen molar-refractivity contribution >= 4 is 23.5 Å². The summed E-state index contributed by atoms with van der Waals surface area (Å²) in [7, 11) is 0. The number of hydrogen-bond donors (Lipinski definition) is 3. The first-order chi connectivity index (χ1) is 13.1. The van der Waals surface area contributed by atoms with Gasteiger partial charge >= 0.3 is 0 Å². The van der Waals surface area contributed by atoms with Crippen LogP contribution in [0.2, 0.25) is 0 Å². The van der Waals surface area contributed by atoms with Crippen LogP contribution in [0.5, 0.6) is 0 Å². The summed E-state index contributed by atoms with van der Waals surface area (Å²) in [5.41, 5.74) is 8.17. The molecule has 0 radical (unpaired) electrons. The highest BCUT2D eigenvalue weighted by atomic mass is 16.2. The van der Waals surface area contributed by atoms with Crippen molar-refractivity contribution in [2.24, 2.45) is 23.5 Å². The van der Waals surface area contributed by atoms with E-state index in [0.29, 0.717) is 0 Å². The summed E-state index contributed by atoms with van der Waals surface area (Å²) in [5.74, 6) is -3.92. The third kappa shape index (κ3) is 4.84. The highest BCUT2D eigenvalue weighted by Crippen LogP contribution is 2.23. The fourth-order valence-corrected chi connectivity index (χ4v) is 3.38. The number of benzene rings is 1. The van der Waals surface area contributed by atoms with Gasteiger partial charge in [0, 0.05) is 12.5 Å².